The van der Waals surface area contributed by atoms with Crippen LogP contribution in [0.3, 0.4) is 0 Å². The molecular formula is C19H30N8O. The van der Waals surface area contributed by atoms with E-state index in [1.54, 1.807) is 0 Å². The Morgan fingerprint density at radius 1 is 1.21 bits per heavy atom. The number of aromatic nitrogens is 4. The normalized spacial score (nSPS) is 20.9. The second kappa shape index (κ2) is 7.90. The smallest absolute Gasteiger partial charge is 0.317 e. The van der Waals surface area contributed by atoms with E-state index in [0.29, 0.717) is 6.04 Å². The summed E-state index contributed by atoms with van der Waals surface area (Å²) in [7, 11) is 0. The van der Waals surface area contributed by atoms with E-state index in [4.69, 9.17) is 0 Å². The van der Waals surface area contributed by atoms with Gasteiger partial charge in [-0.3, -0.25) is 0 Å². The van der Waals surface area contributed by atoms with Gasteiger partial charge in [0.05, 0.1) is 6.33 Å². The summed E-state index contributed by atoms with van der Waals surface area (Å²) < 4.78 is 2.07. The Bertz CT molecular complexity index is 834. The average Bonchev–Trinajstić information content (AvgIpc) is 3.31. The minimum absolute atomic E-state index is 0.0584. The van der Waals surface area contributed by atoms with Crippen molar-refractivity contribution in [1.29, 1.82) is 0 Å². The first-order chi connectivity index (χ1) is 13.5. The maximum absolute atomic E-state index is 12.4. The van der Waals surface area contributed by atoms with Crippen molar-refractivity contribution < 1.29 is 4.79 Å². The lowest BCUT2D eigenvalue weighted by molar-refractivity contribution is 0.180. The van der Waals surface area contributed by atoms with Crippen molar-refractivity contribution in [3.05, 3.63) is 12.2 Å². The number of imidazole rings is 1. The molecule has 0 spiro atoms. The summed E-state index contributed by atoms with van der Waals surface area (Å²) in [5, 5.41) is 9.96. The van der Waals surface area contributed by atoms with Crippen LogP contribution in [0.5, 0.6) is 0 Å². The van der Waals surface area contributed by atoms with Crippen LogP contribution in [-0.2, 0) is 0 Å². The second-order valence-electron chi connectivity index (χ2n) is 8.08. The minimum Gasteiger partial charge on any atom is -0.365 e. The van der Waals surface area contributed by atoms with Crippen LogP contribution in [0.25, 0.3) is 11.2 Å². The molecule has 152 valence electrons. The van der Waals surface area contributed by atoms with Gasteiger partial charge in [0.1, 0.15) is 11.3 Å². The first-order valence-corrected chi connectivity index (χ1v) is 10.2. The summed E-state index contributed by atoms with van der Waals surface area (Å²) in [6.07, 6.45) is 4.63. The van der Waals surface area contributed by atoms with Crippen LogP contribution in [0, 0.1) is 6.92 Å². The topological polar surface area (TPSA) is 100 Å². The molecule has 2 aliphatic rings. The highest BCUT2D eigenvalue weighted by Crippen LogP contribution is 2.24. The molecule has 0 unspecified atom stereocenters. The molecule has 0 bridgehead atoms. The second-order valence-corrected chi connectivity index (χ2v) is 8.08. The van der Waals surface area contributed by atoms with Gasteiger partial charge in [-0.05, 0) is 46.6 Å². The van der Waals surface area contributed by atoms with Crippen LogP contribution in [0.1, 0.15) is 45.0 Å². The number of nitrogens with one attached hydrogen (secondary N) is 3. The van der Waals surface area contributed by atoms with E-state index in [0.717, 1.165) is 68.2 Å². The third-order valence-corrected chi connectivity index (χ3v) is 5.60. The molecule has 9 heteroatoms. The quantitative estimate of drug-likeness (QED) is 0.739. The summed E-state index contributed by atoms with van der Waals surface area (Å²) in [5.74, 6) is 1.53. The van der Waals surface area contributed by atoms with Crippen LogP contribution in [0.2, 0.25) is 0 Å². The van der Waals surface area contributed by atoms with Gasteiger partial charge in [0.15, 0.2) is 11.5 Å². The van der Waals surface area contributed by atoms with Gasteiger partial charge in [-0.2, -0.15) is 0 Å². The molecule has 2 saturated heterocycles. The third kappa shape index (κ3) is 3.89. The molecule has 0 aromatic carbocycles. The molecule has 28 heavy (non-hydrogen) atoms. The number of carbonyl (C=O) groups excluding carboxylic acids is 1. The number of hydrogen-bond donors (Lipinski definition) is 3. The largest absolute Gasteiger partial charge is 0.365 e. The number of nitrogens with zero attached hydrogens (tertiary/aromatic N) is 5. The molecule has 0 aliphatic carbocycles. The zero-order valence-electron chi connectivity index (χ0n) is 16.9. The average molecular weight is 387 g/mol. The zero-order valence-corrected chi connectivity index (χ0v) is 16.9. The number of urea groups is 1. The fraction of sp³-hybridized carbons (Fsp3) is 0.684. The molecule has 2 fully saturated rings. The lowest BCUT2D eigenvalue weighted by Gasteiger charge is -2.33. The Balaban J connectivity index is 1.39. The highest BCUT2D eigenvalue weighted by atomic mass is 16.2. The monoisotopic (exact) mass is 386 g/mol. The SMILES string of the molecule is Cc1nc(NC2CCN(C(=O)N[C@H]3CCNC3)CC2)c2ncn(C(C)C)c2n1. The Hall–Kier alpha value is -2.42. The molecule has 2 aromatic rings. The zero-order chi connectivity index (χ0) is 19.7. The molecule has 2 amide bonds. The predicted molar refractivity (Wildman–Crippen MR) is 108 cm³/mol. The van der Waals surface area contributed by atoms with Gasteiger partial charge in [0, 0.05) is 37.8 Å². The molecule has 1 atom stereocenters. The van der Waals surface area contributed by atoms with Gasteiger partial charge in [-0.15, -0.1) is 0 Å². The van der Waals surface area contributed by atoms with Crippen LogP contribution in [0.15, 0.2) is 6.33 Å². The van der Waals surface area contributed by atoms with Crippen molar-refractivity contribution in [3.8, 4) is 0 Å². The molecule has 2 aromatic heterocycles. The van der Waals surface area contributed by atoms with E-state index >= 15 is 0 Å². The van der Waals surface area contributed by atoms with Gasteiger partial charge in [0.25, 0.3) is 0 Å². The summed E-state index contributed by atoms with van der Waals surface area (Å²) in [6, 6.07) is 0.891. The Morgan fingerprint density at radius 3 is 2.68 bits per heavy atom. The number of amides is 2. The highest BCUT2D eigenvalue weighted by molar-refractivity contribution is 5.83. The first-order valence-electron chi connectivity index (χ1n) is 10.2. The van der Waals surface area contributed by atoms with Crippen molar-refractivity contribution in [1.82, 2.24) is 35.1 Å². The van der Waals surface area contributed by atoms with E-state index in [-0.39, 0.29) is 18.1 Å². The van der Waals surface area contributed by atoms with Crippen molar-refractivity contribution in [2.45, 2.75) is 58.2 Å². The van der Waals surface area contributed by atoms with Crippen LogP contribution >= 0.6 is 0 Å². The van der Waals surface area contributed by atoms with Crippen molar-refractivity contribution in [2.75, 3.05) is 31.5 Å². The standard InChI is InChI=1S/C19H30N8O/c1-12(2)27-11-21-16-17(22-13(3)23-18(16)27)24-14-5-8-26(9-6-14)19(28)25-15-4-7-20-10-15/h11-12,14-15,20H,4-10H2,1-3H3,(H,25,28)(H,22,23,24)/t15-/m0/s1. The lowest BCUT2D eigenvalue weighted by Crippen LogP contribution is -2.50. The van der Waals surface area contributed by atoms with E-state index in [1.165, 1.54) is 0 Å². The Labute approximate surface area is 165 Å². The fourth-order valence-corrected chi connectivity index (χ4v) is 3.97. The first kappa shape index (κ1) is 18.9. The van der Waals surface area contributed by atoms with Gasteiger partial charge < -0.3 is 25.4 Å². The van der Waals surface area contributed by atoms with Crippen LogP contribution in [-0.4, -0.2) is 68.7 Å². The molecular weight excluding hydrogens is 356 g/mol. The van der Waals surface area contributed by atoms with Crippen molar-refractivity contribution in [2.24, 2.45) is 0 Å². The Morgan fingerprint density at radius 2 is 2.00 bits per heavy atom. The molecule has 2 aliphatic heterocycles. The number of piperidine rings is 1. The van der Waals surface area contributed by atoms with Crippen molar-refractivity contribution in [3.63, 3.8) is 0 Å². The summed E-state index contributed by atoms with van der Waals surface area (Å²) in [5.41, 5.74) is 1.68. The van der Waals surface area contributed by atoms with E-state index in [2.05, 4.69) is 49.3 Å². The van der Waals surface area contributed by atoms with Gasteiger partial charge in [-0.25, -0.2) is 19.7 Å². The summed E-state index contributed by atoms with van der Waals surface area (Å²) in [6.45, 7) is 9.50. The van der Waals surface area contributed by atoms with Gasteiger partial charge in [0.2, 0.25) is 0 Å². The van der Waals surface area contributed by atoms with Crippen LogP contribution in [0.4, 0.5) is 10.6 Å². The lowest BCUT2D eigenvalue weighted by atomic mass is 10.1. The molecule has 0 saturated carbocycles. The number of fused-ring (bicyclic) bond motifs is 1. The van der Waals surface area contributed by atoms with E-state index < -0.39 is 0 Å². The Kier molecular flexibility index (Phi) is 5.34. The molecule has 4 heterocycles. The minimum atomic E-state index is 0.0584. The number of hydrogen-bond acceptors (Lipinski definition) is 6. The maximum atomic E-state index is 12.4. The number of likely N-dealkylation sites (tertiary alicyclic amines) is 1. The molecule has 0 radical (unpaired) electrons. The van der Waals surface area contributed by atoms with Gasteiger partial charge >= 0.3 is 6.03 Å². The van der Waals surface area contributed by atoms with Gasteiger partial charge in [-0.1, -0.05) is 0 Å². The maximum Gasteiger partial charge on any atom is 0.317 e. The van der Waals surface area contributed by atoms with Crippen molar-refractivity contribution >= 4 is 23.0 Å². The fourth-order valence-electron chi connectivity index (χ4n) is 3.97. The molecule has 4 rings (SSSR count). The number of carbonyl (C=O) groups is 1. The molecule has 9 nitrogen and oxygen atoms in total. The molecule has 3 N–H and O–H groups in total. The third-order valence-electron chi connectivity index (χ3n) is 5.60. The van der Waals surface area contributed by atoms with Crippen LogP contribution < -0.4 is 16.0 Å². The highest BCUT2D eigenvalue weighted by Gasteiger charge is 2.26. The van der Waals surface area contributed by atoms with E-state index in [1.807, 2.05) is 18.2 Å². The number of anilines is 1. The number of rotatable bonds is 4. The predicted octanol–water partition coefficient (Wildman–Crippen LogP) is 1.66. The summed E-state index contributed by atoms with van der Waals surface area (Å²) in [4.78, 5) is 28.1. The summed E-state index contributed by atoms with van der Waals surface area (Å²) >= 11 is 0. The van der Waals surface area contributed by atoms with E-state index in [9.17, 15) is 4.79 Å². The number of aryl methyl sites for hydroxylation is 1.